The van der Waals surface area contributed by atoms with Crippen molar-refractivity contribution < 1.29 is 0 Å². The van der Waals surface area contributed by atoms with Crippen LogP contribution in [0.4, 0.5) is 5.82 Å². The van der Waals surface area contributed by atoms with E-state index >= 15 is 0 Å². The summed E-state index contributed by atoms with van der Waals surface area (Å²) in [5, 5.41) is 6.48. The van der Waals surface area contributed by atoms with Gasteiger partial charge in [0, 0.05) is 6.04 Å². The molecule has 1 aromatic rings. The first-order valence-electron chi connectivity index (χ1n) is 5.50. The molecule has 2 heterocycles. The van der Waals surface area contributed by atoms with Gasteiger partial charge in [-0.15, -0.1) is 0 Å². The zero-order valence-electron chi connectivity index (χ0n) is 9.85. The van der Waals surface area contributed by atoms with Crippen molar-refractivity contribution in [2.75, 3.05) is 5.32 Å². The fourth-order valence-electron chi connectivity index (χ4n) is 1.98. The third kappa shape index (κ3) is 1.68. The highest BCUT2D eigenvalue weighted by Gasteiger charge is 2.25. The van der Waals surface area contributed by atoms with Gasteiger partial charge in [0.2, 0.25) is 0 Å². The van der Waals surface area contributed by atoms with Gasteiger partial charge in [-0.2, -0.15) is 0 Å². The smallest absolute Gasteiger partial charge is 0.272 e. The van der Waals surface area contributed by atoms with Crippen LogP contribution in [-0.2, 0) is 12.0 Å². The topological polar surface area (TPSA) is 49.8 Å². The number of aromatic amines is 1. The van der Waals surface area contributed by atoms with Crippen molar-refractivity contribution in [2.24, 2.45) is 0 Å². The average Bonchev–Trinajstić information content (AvgIpc) is 2.42. The molecule has 0 bridgehead atoms. The molecule has 4 nitrogen and oxygen atoms in total. The first-order chi connectivity index (χ1) is 6.89. The van der Waals surface area contributed by atoms with E-state index in [-0.39, 0.29) is 11.1 Å². The number of nitrogens with one attached hydrogen (secondary N) is 2. The second-order valence-corrected chi connectivity index (χ2v) is 5.36. The molecule has 0 fully saturated rings. The summed E-state index contributed by atoms with van der Waals surface area (Å²) in [7, 11) is 0. The normalized spacial score (nSPS) is 20.9. The first kappa shape index (κ1) is 10.3. The van der Waals surface area contributed by atoms with Gasteiger partial charge in [0.25, 0.3) is 5.56 Å². The Morgan fingerprint density at radius 3 is 2.67 bits per heavy atom. The Balaban J connectivity index is 2.50. The number of nitrogens with zero attached hydrogens (tertiary/aromatic N) is 1. The lowest BCUT2D eigenvalue weighted by Gasteiger charge is -2.20. The molecule has 0 saturated heterocycles. The molecule has 1 aliphatic heterocycles. The lowest BCUT2D eigenvalue weighted by atomic mass is 10.0. The van der Waals surface area contributed by atoms with Crippen molar-refractivity contribution in [1.82, 2.24) is 9.78 Å². The Hall–Kier alpha value is -1.19. The van der Waals surface area contributed by atoms with Crippen molar-refractivity contribution in [2.45, 2.75) is 52.1 Å². The predicted molar refractivity (Wildman–Crippen MR) is 61.5 cm³/mol. The minimum absolute atomic E-state index is 0.122. The van der Waals surface area contributed by atoms with E-state index in [2.05, 4.69) is 17.3 Å². The van der Waals surface area contributed by atoms with Crippen LogP contribution in [0.25, 0.3) is 0 Å². The van der Waals surface area contributed by atoms with Gasteiger partial charge in [0.05, 0.1) is 11.1 Å². The average molecular weight is 209 g/mol. The van der Waals surface area contributed by atoms with E-state index in [0.29, 0.717) is 6.04 Å². The van der Waals surface area contributed by atoms with Crippen LogP contribution in [0.5, 0.6) is 0 Å². The highest BCUT2D eigenvalue weighted by molar-refractivity contribution is 5.46. The van der Waals surface area contributed by atoms with E-state index in [9.17, 15) is 4.79 Å². The highest BCUT2D eigenvalue weighted by Crippen LogP contribution is 2.22. The Labute approximate surface area is 89.7 Å². The maximum absolute atomic E-state index is 12.1. The third-order valence-corrected chi connectivity index (χ3v) is 2.88. The van der Waals surface area contributed by atoms with Gasteiger partial charge in [-0.25, -0.2) is 4.68 Å². The lowest BCUT2D eigenvalue weighted by molar-refractivity contribution is 0.346. The van der Waals surface area contributed by atoms with Gasteiger partial charge in [-0.3, -0.25) is 9.89 Å². The van der Waals surface area contributed by atoms with E-state index in [4.69, 9.17) is 0 Å². The number of H-pyrrole nitrogens is 1. The summed E-state index contributed by atoms with van der Waals surface area (Å²) in [6.07, 6.45) is 1.91. The molecule has 0 amide bonds. The molecule has 15 heavy (non-hydrogen) atoms. The summed E-state index contributed by atoms with van der Waals surface area (Å²) >= 11 is 0. The predicted octanol–water partition coefficient (Wildman–Crippen LogP) is 1.68. The highest BCUT2D eigenvalue weighted by atomic mass is 16.1. The molecule has 0 aromatic carbocycles. The molecule has 1 aliphatic rings. The fourth-order valence-corrected chi connectivity index (χ4v) is 1.98. The standard InChI is InChI=1S/C11H19N3O/c1-7-5-6-8-9(12-7)13-14(10(8)15)11(2,3)4/h7,12-13H,5-6H2,1-4H3. The number of hydrogen-bond donors (Lipinski definition) is 2. The lowest BCUT2D eigenvalue weighted by Crippen LogP contribution is -2.33. The van der Waals surface area contributed by atoms with Crippen LogP contribution in [0.3, 0.4) is 0 Å². The number of fused-ring (bicyclic) bond motifs is 1. The van der Waals surface area contributed by atoms with Crippen molar-refractivity contribution in [3.8, 4) is 0 Å². The molecule has 0 aliphatic carbocycles. The molecule has 1 atom stereocenters. The van der Waals surface area contributed by atoms with Gasteiger partial charge in [-0.1, -0.05) is 0 Å². The van der Waals surface area contributed by atoms with E-state index in [1.807, 2.05) is 20.8 Å². The molecule has 0 spiro atoms. The molecule has 0 saturated carbocycles. The van der Waals surface area contributed by atoms with Crippen LogP contribution in [0.1, 0.15) is 39.7 Å². The van der Waals surface area contributed by atoms with Crippen LogP contribution in [-0.4, -0.2) is 15.8 Å². The van der Waals surface area contributed by atoms with Gasteiger partial charge < -0.3 is 5.32 Å². The Morgan fingerprint density at radius 1 is 1.40 bits per heavy atom. The van der Waals surface area contributed by atoms with Crippen molar-refractivity contribution >= 4 is 5.82 Å². The first-order valence-corrected chi connectivity index (χ1v) is 5.50. The molecular weight excluding hydrogens is 190 g/mol. The maximum atomic E-state index is 12.1. The van der Waals surface area contributed by atoms with Crippen LogP contribution in [0.2, 0.25) is 0 Å². The minimum atomic E-state index is -0.181. The largest absolute Gasteiger partial charge is 0.368 e. The zero-order chi connectivity index (χ0) is 11.2. The molecule has 1 aromatic heterocycles. The SMILES string of the molecule is CC1CCc2c([nH]n(C(C)(C)C)c2=O)N1. The number of anilines is 1. The van der Waals surface area contributed by atoms with E-state index in [1.165, 1.54) is 0 Å². The van der Waals surface area contributed by atoms with Gasteiger partial charge >= 0.3 is 0 Å². The van der Waals surface area contributed by atoms with Crippen molar-refractivity contribution in [3.05, 3.63) is 15.9 Å². The Morgan fingerprint density at radius 2 is 2.07 bits per heavy atom. The summed E-state index contributed by atoms with van der Waals surface area (Å²) in [4.78, 5) is 12.1. The van der Waals surface area contributed by atoms with Crippen molar-refractivity contribution in [1.29, 1.82) is 0 Å². The van der Waals surface area contributed by atoms with Crippen molar-refractivity contribution in [3.63, 3.8) is 0 Å². The van der Waals surface area contributed by atoms with Crippen LogP contribution < -0.4 is 10.9 Å². The molecule has 4 heteroatoms. The van der Waals surface area contributed by atoms with E-state index in [1.54, 1.807) is 4.68 Å². The monoisotopic (exact) mass is 209 g/mol. The quantitative estimate of drug-likeness (QED) is 0.683. The second kappa shape index (κ2) is 3.15. The number of aromatic nitrogens is 2. The molecule has 84 valence electrons. The minimum Gasteiger partial charge on any atom is -0.368 e. The summed E-state index contributed by atoms with van der Waals surface area (Å²) in [5.74, 6) is 0.911. The molecule has 2 N–H and O–H groups in total. The van der Waals surface area contributed by atoms with Crippen LogP contribution in [0.15, 0.2) is 4.79 Å². The fraction of sp³-hybridized carbons (Fsp3) is 0.727. The van der Waals surface area contributed by atoms with Crippen LogP contribution >= 0.6 is 0 Å². The summed E-state index contributed by atoms with van der Waals surface area (Å²) < 4.78 is 1.71. The summed E-state index contributed by atoms with van der Waals surface area (Å²) in [6, 6.07) is 0.448. The number of rotatable bonds is 0. The second-order valence-electron chi connectivity index (χ2n) is 5.36. The van der Waals surface area contributed by atoms with Crippen LogP contribution in [0, 0.1) is 0 Å². The van der Waals surface area contributed by atoms with Gasteiger partial charge in [-0.05, 0) is 40.5 Å². The van der Waals surface area contributed by atoms with E-state index in [0.717, 1.165) is 24.2 Å². The molecule has 2 rings (SSSR count). The molecule has 0 radical (unpaired) electrons. The summed E-state index contributed by atoms with van der Waals surface area (Å²) in [6.45, 7) is 8.22. The van der Waals surface area contributed by atoms with E-state index < -0.39 is 0 Å². The zero-order valence-corrected chi connectivity index (χ0v) is 9.85. The summed E-state index contributed by atoms with van der Waals surface area (Å²) in [5.41, 5.74) is 0.846. The Bertz CT molecular complexity index is 422. The molecular formula is C11H19N3O. The third-order valence-electron chi connectivity index (χ3n) is 2.88. The number of hydrogen-bond acceptors (Lipinski definition) is 2. The maximum Gasteiger partial charge on any atom is 0.272 e. The van der Waals surface area contributed by atoms with Gasteiger partial charge in [0.1, 0.15) is 5.82 Å². The molecule has 1 unspecified atom stereocenters. The Kier molecular flexibility index (Phi) is 2.17. The van der Waals surface area contributed by atoms with Gasteiger partial charge in [0.15, 0.2) is 0 Å².